The third kappa shape index (κ3) is 2.79. The summed E-state index contributed by atoms with van der Waals surface area (Å²) in [6.45, 7) is -1.30. The van der Waals surface area contributed by atoms with E-state index < -0.39 is 24.2 Å². The van der Waals surface area contributed by atoms with Gasteiger partial charge in [0.2, 0.25) is 0 Å². The Morgan fingerprint density at radius 1 is 1.32 bits per heavy atom. The smallest absolute Gasteiger partial charge is 0.408 e. The van der Waals surface area contributed by atoms with Crippen molar-refractivity contribution in [3.63, 3.8) is 0 Å². The number of rotatable bonds is 3. The number of aliphatic imine (C=N–C) groups is 1. The van der Waals surface area contributed by atoms with Crippen molar-refractivity contribution in [3.8, 4) is 5.75 Å². The molecule has 0 radical (unpaired) electrons. The predicted octanol–water partition coefficient (Wildman–Crippen LogP) is 1.18. The Bertz CT molecular complexity index is 861. The lowest BCUT2D eigenvalue weighted by atomic mass is 9.84. The molecular formula is C15H14F3N5O2. The van der Waals surface area contributed by atoms with Gasteiger partial charge in [0.25, 0.3) is 5.91 Å². The molecule has 1 unspecified atom stereocenters. The van der Waals surface area contributed by atoms with Crippen molar-refractivity contribution in [3.05, 3.63) is 47.8 Å². The average Bonchev–Trinajstić information content (AvgIpc) is 3.05. The topological polar surface area (TPSA) is 96.7 Å². The Balaban J connectivity index is 2.16. The van der Waals surface area contributed by atoms with E-state index in [1.807, 2.05) is 0 Å². The van der Waals surface area contributed by atoms with Gasteiger partial charge < -0.3 is 10.8 Å². The molecule has 0 saturated carbocycles. The molecule has 1 amide bonds. The summed E-state index contributed by atoms with van der Waals surface area (Å²) in [4.78, 5) is 18.1. The molecule has 0 bridgehead atoms. The summed E-state index contributed by atoms with van der Waals surface area (Å²) in [6.07, 6.45) is -2.21. The van der Waals surface area contributed by atoms with E-state index >= 15 is 0 Å². The molecule has 1 atom stereocenters. The molecule has 2 heterocycles. The lowest BCUT2D eigenvalue weighted by Crippen LogP contribution is -2.41. The number of phenols is 1. The first kappa shape index (κ1) is 16.8. The van der Waals surface area contributed by atoms with E-state index in [0.717, 1.165) is 17.3 Å². The van der Waals surface area contributed by atoms with Gasteiger partial charge in [0.1, 0.15) is 12.3 Å². The van der Waals surface area contributed by atoms with Crippen LogP contribution in [0.1, 0.15) is 11.1 Å². The van der Waals surface area contributed by atoms with Gasteiger partial charge in [0, 0.05) is 18.8 Å². The predicted molar refractivity (Wildman–Crippen MR) is 81.6 cm³/mol. The van der Waals surface area contributed by atoms with Gasteiger partial charge in [-0.25, -0.2) is 4.99 Å². The van der Waals surface area contributed by atoms with Gasteiger partial charge in [-0.05, 0) is 17.7 Å². The number of aromatic nitrogens is 2. The molecule has 3 N–H and O–H groups in total. The number of amides is 1. The Morgan fingerprint density at radius 3 is 2.60 bits per heavy atom. The minimum absolute atomic E-state index is 0.0862. The summed E-state index contributed by atoms with van der Waals surface area (Å²) < 4.78 is 38.4. The average molecular weight is 353 g/mol. The van der Waals surface area contributed by atoms with Crippen molar-refractivity contribution in [2.75, 3.05) is 7.05 Å². The molecule has 10 heteroatoms. The molecule has 1 aliphatic rings. The largest absolute Gasteiger partial charge is 0.508 e. The number of hydrogen-bond donors (Lipinski definition) is 2. The first-order valence-corrected chi connectivity index (χ1v) is 7.16. The molecule has 0 saturated heterocycles. The maximum absolute atomic E-state index is 12.8. The van der Waals surface area contributed by atoms with Crippen LogP contribution in [-0.4, -0.2) is 44.9 Å². The van der Waals surface area contributed by atoms with Gasteiger partial charge in [-0.2, -0.15) is 18.3 Å². The van der Waals surface area contributed by atoms with Gasteiger partial charge in [0.15, 0.2) is 11.5 Å². The number of alkyl halides is 3. The second kappa shape index (κ2) is 5.50. The number of guanidine groups is 1. The van der Waals surface area contributed by atoms with Gasteiger partial charge in [-0.1, -0.05) is 12.1 Å². The number of likely N-dealkylation sites (N-methyl/N-ethyl adjacent to an activating group) is 1. The van der Waals surface area contributed by atoms with Crippen molar-refractivity contribution >= 4 is 11.9 Å². The summed E-state index contributed by atoms with van der Waals surface area (Å²) in [5, 5.41) is 13.4. The van der Waals surface area contributed by atoms with Crippen molar-refractivity contribution in [2.45, 2.75) is 18.3 Å². The van der Waals surface area contributed by atoms with E-state index in [0.29, 0.717) is 4.68 Å². The fourth-order valence-corrected chi connectivity index (χ4v) is 2.74. The van der Waals surface area contributed by atoms with Crippen LogP contribution in [0.25, 0.3) is 0 Å². The number of aromatic hydroxyl groups is 1. The number of benzene rings is 1. The van der Waals surface area contributed by atoms with Crippen LogP contribution in [0.3, 0.4) is 0 Å². The Labute approximate surface area is 140 Å². The molecule has 1 aliphatic heterocycles. The Hall–Kier alpha value is -3.04. The second-order valence-electron chi connectivity index (χ2n) is 5.64. The highest BCUT2D eigenvalue weighted by atomic mass is 19.4. The van der Waals surface area contributed by atoms with Gasteiger partial charge >= 0.3 is 6.18 Å². The van der Waals surface area contributed by atoms with Crippen LogP contribution in [-0.2, 0) is 16.9 Å². The monoisotopic (exact) mass is 353 g/mol. The van der Waals surface area contributed by atoms with Crippen LogP contribution in [0, 0.1) is 0 Å². The van der Waals surface area contributed by atoms with E-state index in [2.05, 4.69) is 10.1 Å². The Kier molecular flexibility index (Phi) is 3.70. The van der Waals surface area contributed by atoms with E-state index in [-0.39, 0.29) is 22.8 Å². The maximum atomic E-state index is 12.8. The quantitative estimate of drug-likeness (QED) is 0.866. The number of hydrogen-bond acceptors (Lipinski definition) is 5. The SMILES string of the molecule is CN1C(=O)C(c2cccc(O)c2)(c2cnn(CC(F)(F)F)c2)N=C1N. The van der Waals surface area contributed by atoms with Crippen LogP contribution in [0.15, 0.2) is 41.7 Å². The summed E-state index contributed by atoms with van der Waals surface area (Å²) in [5.41, 5.74) is 4.46. The number of phenolic OH excluding ortho intramolecular Hbond substituents is 1. The molecule has 25 heavy (non-hydrogen) atoms. The normalized spacial score (nSPS) is 20.9. The van der Waals surface area contributed by atoms with E-state index in [1.54, 1.807) is 0 Å². The minimum Gasteiger partial charge on any atom is -0.508 e. The van der Waals surface area contributed by atoms with Crippen LogP contribution in [0.5, 0.6) is 5.75 Å². The van der Waals surface area contributed by atoms with E-state index in [9.17, 15) is 23.1 Å². The fraction of sp³-hybridized carbons (Fsp3) is 0.267. The molecule has 2 aromatic rings. The van der Waals surface area contributed by atoms with Crippen LogP contribution >= 0.6 is 0 Å². The first-order valence-electron chi connectivity index (χ1n) is 7.16. The van der Waals surface area contributed by atoms with Crippen molar-refractivity contribution in [1.82, 2.24) is 14.7 Å². The van der Waals surface area contributed by atoms with Crippen molar-refractivity contribution in [1.29, 1.82) is 0 Å². The van der Waals surface area contributed by atoms with Gasteiger partial charge in [-0.15, -0.1) is 0 Å². The zero-order valence-corrected chi connectivity index (χ0v) is 13.0. The van der Waals surface area contributed by atoms with Crippen molar-refractivity contribution in [2.24, 2.45) is 10.7 Å². The van der Waals surface area contributed by atoms with Gasteiger partial charge in [-0.3, -0.25) is 14.4 Å². The summed E-state index contributed by atoms with van der Waals surface area (Å²) in [5.74, 6) is -0.755. The molecule has 1 aromatic carbocycles. The molecule has 0 spiro atoms. The van der Waals surface area contributed by atoms with E-state index in [1.165, 1.54) is 31.3 Å². The van der Waals surface area contributed by atoms with Crippen LogP contribution in [0.4, 0.5) is 13.2 Å². The number of halogens is 3. The molecule has 3 rings (SSSR count). The zero-order chi connectivity index (χ0) is 18.4. The third-order valence-corrected chi connectivity index (χ3v) is 3.90. The molecular weight excluding hydrogens is 339 g/mol. The standard InChI is InChI=1S/C15H14F3N5O2/c1-22-12(25)15(21-13(22)19,9-3-2-4-11(24)5-9)10-6-20-23(7-10)8-14(16,17)18/h2-7,24H,8H2,1H3,(H2,19,21). The summed E-state index contributed by atoms with van der Waals surface area (Å²) in [6, 6.07) is 5.76. The highest BCUT2D eigenvalue weighted by Gasteiger charge is 2.50. The maximum Gasteiger partial charge on any atom is 0.408 e. The minimum atomic E-state index is -4.46. The number of nitrogens with two attached hydrogens (primary N) is 1. The number of nitrogens with zero attached hydrogens (tertiary/aromatic N) is 4. The summed E-state index contributed by atoms with van der Waals surface area (Å²) >= 11 is 0. The van der Waals surface area contributed by atoms with Crippen molar-refractivity contribution < 1.29 is 23.1 Å². The lowest BCUT2D eigenvalue weighted by molar-refractivity contribution is -0.142. The molecule has 7 nitrogen and oxygen atoms in total. The summed E-state index contributed by atoms with van der Waals surface area (Å²) in [7, 11) is 1.41. The Morgan fingerprint density at radius 2 is 2.04 bits per heavy atom. The molecule has 0 fully saturated rings. The van der Waals surface area contributed by atoms with Gasteiger partial charge in [0.05, 0.1) is 6.20 Å². The number of carbonyl (C=O) groups is 1. The lowest BCUT2D eigenvalue weighted by Gasteiger charge is -2.24. The first-order chi connectivity index (χ1) is 11.6. The van der Waals surface area contributed by atoms with Crippen LogP contribution < -0.4 is 5.73 Å². The molecule has 132 valence electrons. The highest BCUT2D eigenvalue weighted by Crippen LogP contribution is 2.40. The number of carbonyl (C=O) groups excluding carboxylic acids is 1. The molecule has 0 aliphatic carbocycles. The van der Waals surface area contributed by atoms with Crippen LogP contribution in [0.2, 0.25) is 0 Å². The highest BCUT2D eigenvalue weighted by molar-refractivity contribution is 6.08. The third-order valence-electron chi connectivity index (χ3n) is 3.90. The zero-order valence-electron chi connectivity index (χ0n) is 13.0. The molecule has 1 aromatic heterocycles. The van der Waals surface area contributed by atoms with E-state index in [4.69, 9.17) is 5.73 Å². The second-order valence-corrected chi connectivity index (χ2v) is 5.64. The fourth-order valence-electron chi connectivity index (χ4n) is 2.74.